The fourth-order valence-electron chi connectivity index (χ4n) is 2.68. The fraction of sp³-hybridized carbons (Fsp3) is 0.929. The van der Waals surface area contributed by atoms with Crippen LogP contribution in [-0.4, -0.2) is 61.1 Å². The van der Waals surface area contributed by atoms with E-state index in [-0.39, 0.29) is 29.7 Å². The molecule has 2 unspecified atom stereocenters. The number of hydrogen-bond donors (Lipinski definition) is 0. The summed E-state index contributed by atoms with van der Waals surface area (Å²) < 4.78 is 28.7. The molecular formula is C14H24O6S. The van der Waals surface area contributed by atoms with Crippen LogP contribution >= 0.6 is 11.8 Å². The van der Waals surface area contributed by atoms with Gasteiger partial charge < -0.3 is 23.7 Å². The molecule has 0 radical (unpaired) electrons. The third-order valence-corrected chi connectivity index (χ3v) is 4.55. The van der Waals surface area contributed by atoms with Gasteiger partial charge in [-0.1, -0.05) is 6.92 Å². The number of hydrogen-bond acceptors (Lipinski definition) is 7. The Labute approximate surface area is 129 Å². The van der Waals surface area contributed by atoms with Gasteiger partial charge in [-0.2, -0.15) is 0 Å². The summed E-state index contributed by atoms with van der Waals surface area (Å²) in [7, 11) is 1.60. The van der Waals surface area contributed by atoms with Crippen LogP contribution in [0.2, 0.25) is 0 Å². The van der Waals surface area contributed by atoms with E-state index in [4.69, 9.17) is 23.7 Å². The van der Waals surface area contributed by atoms with E-state index in [9.17, 15) is 4.79 Å². The van der Waals surface area contributed by atoms with Gasteiger partial charge in [0.15, 0.2) is 11.9 Å². The second-order valence-corrected chi connectivity index (χ2v) is 6.94. The highest BCUT2D eigenvalue weighted by molar-refractivity contribution is 7.99. The number of rotatable bonds is 4. The normalized spacial score (nSPS) is 38.6. The summed E-state index contributed by atoms with van der Waals surface area (Å²) in [6, 6.07) is 0. The van der Waals surface area contributed by atoms with Crippen LogP contribution in [0.5, 0.6) is 0 Å². The quantitative estimate of drug-likeness (QED) is 0.728. The van der Waals surface area contributed by atoms with E-state index >= 15 is 0 Å². The van der Waals surface area contributed by atoms with Crippen LogP contribution in [0.4, 0.5) is 0 Å². The molecule has 21 heavy (non-hydrogen) atoms. The Bertz CT molecular complexity index is 374. The summed E-state index contributed by atoms with van der Waals surface area (Å²) in [5, 5.41) is 0. The van der Waals surface area contributed by atoms with Gasteiger partial charge in [-0.05, 0) is 19.6 Å². The molecule has 0 aliphatic carbocycles. The first-order valence-electron chi connectivity index (χ1n) is 7.16. The van der Waals surface area contributed by atoms with Crippen molar-refractivity contribution in [1.82, 2.24) is 0 Å². The van der Waals surface area contributed by atoms with Crippen LogP contribution in [-0.2, 0) is 28.5 Å². The van der Waals surface area contributed by atoms with E-state index in [1.54, 1.807) is 18.9 Å². The third kappa shape index (κ3) is 3.90. The van der Waals surface area contributed by atoms with Gasteiger partial charge >= 0.3 is 5.97 Å². The van der Waals surface area contributed by atoms with Crippen molar-refractivity contribution in [1.29, 1.82) is 0 Å². The van der Waals surface area contributed by atoms with Crippen molar-refractivity contribution in [2.45, 2.75) is 63.3 Å². The molecule has 0 aromatic rings. The fourth-order valence-corrected chi connectivity index (χ4v) is 3.63. The largest absolute Gasteiger partial charge is 0.456 e. The molecule has 2 heterocycles. The van der Waals surface area contributed by atoms with Crippen LogP contribution in [0.15, 0.2) is 0 Å². The number of esters is 1. The summed E-state index contributed by atoms with van der Waals surface area (Å²) in [5.41, 5.74) is -0.279. The molecular weight excluding hydrogens is 296 g/mol. The Morgan fingerprint density at radius 1 is 1.38 bits per heavy atom. The number of methoxy groups -OCH3 is 1. The zero-order chi connectivity index (χ0) is 15.6. The molecule has 2 aliphatic heterocycles. The highest BCUT2D eigenvalue weighted by Crippen LogP contribution is 2.37. The molecule has 2 aliphatic rings. The lowest BCUT2D eigenvalue weighted by atomic mass is 9.98. The maximum atomic E-state index is 11.4. The minimum absolute atomic E-state index is 0.223. The van der Waals surface area contributed by atoms with Crippen LogP contribution in [0, 0.1) is 0 Å². The Morgan fingerprint density at radius 2 is 2.10 bits per heavy atom. The standard InChI is InChI=1S/C14H24O6S/c1-6-21-13-12(18-8(2)15)11(16-5)10-9(19-13)7-17-14(3,4)20-10/h9-13H,6-7H2,1-5H3/t9?,10-,11-,12?,13+/m1/s1. The molecule has 0 N–H and O–H groups in total. The maximum absolute atomic E-state index is 11.4. The summed E-state index contributed by atoms with van der Waals surface area (Å²) in [5.74, 6) is -0.201. The molecule has 2 fully saturated rings. The molecule has 7 heteroatoms. The van der Waals surface area contributed by atoms with E-state index in [2.05, 4.69) is 0 Å². The summed E-state index contributed by atoms with van der Waals surface area (Å²) in [6.45, 7) is 7.56. The van der Waals surface area contributed by atoms with Gasteiger partial charge in [0.05, 0.1) is 6.61 Å². The summed E-state index contributed by atoms with van der Waals surface area (Å²) in [6.07, 6.45) is -1.41. The molecule has 0 bridgehead atoms. The Morgan fingerprint density at radius 3 is 2.67 bits per heavy atom. The van der Waals surface area contributed by atoms with E-state index < -0.39 is 11.9 Å². The topological polar surface area (TPSA) is 63.2 Å². The molecule has 5 atom stereocenters. The Kier molecular flexibility index (Phi) is 5.54. The van der Waals surface area contributed by atoms with Crippen molar-refractivity contribution >= 4 is 17.7 Å². The zero-order valence-corrected chi connectivity index (χ0v) is 14.0. The molecule has 0 aromatic heterocycles. The van der Waals surface area contributed by atoms with Crippen LogP contribution in [0.3, 0.4) is 0 Å². The van der Waals surface area contributed by atoms with Gasteiger partial charge in [0, 0.05) is 14.0 Å². The minimum Gasteiger partial charge on any atom is -0.456 e. The van der Waals surface area contributed by atoms with E-state index in [1.807, 2.05) is 20.8 Å². The van der Waals surface area contributed by atoms with E-state index in [0.717, 1.165) is 5.75 Å². The molecule has 2 rings (SSSR count). The smallest absolute Gasteiger partial charge is 0.303 e. The third-order valence-electron chi connectivity index (χ3n) is 3.51. The number of thioether (sulfide) groups is 1. The zero-order valence-electron chi connectivity index (χ0n) is 13.2. The molecule has 122 valence electrons. The van der Waals surface area contributed by atoms with Gasteiger partial charge in [-0.3, -0.25) is 4.79 Å². The maximum Gasteiger partial charge on any atom is 0.303 e. The first-order valence-corrected chi connectivity index (χ1v) is 8.21. The number of carbonyl (C=O) groups excluding carboxylic acids is 1. The first kappa shape index (κ1) is 17.0. The molecule has 2 saturated heterocycles. The van der Waals surface area contributed by atoms with Crippen molar-refractivity contribution in [3.63, 3.8) is 0 Å². The van der Waals surface area contributed by atoms with Crippen molar-refractivity contribution < 1.29 is 28.5 Å². The summed E-state index contributed by atoms with van der Waals surface area (Å²) in [4.78, 5) is 11.4. The predicted molar refractivity (Wildman–Crippen MR) is 78.0 cm³/mol. The first-order chi connectivity index (χ1) is 9.88. The minimum atomic E-state index is -0.702. The number of ether oxygens (including phenoxy) is 5. The van der Waals surface area contributed by atoms with Crippen molar-refractivity contribution in [2.24, 2.45) is 0 Å². The van der Waals surface area contributed by atoms with E-state index in [1.165, 1.54) is 6.92 Å². The Hall–Kier alpha value is -0.340. The number of fused-ring (bicyclic) bond motifs is 1. The highest BCUT2D eigenvalue weighted by atomic mass is 32.2. The molecule has 0 saturated carbocycles. The van der Waals surface area contributed by atoms with Crippen molar-refractivity contribution in [3.8, 4) is 0 Å². The number of carbonyl (C=O) groups is 1. The van der Waals surface area contributed by atoms with Gasteiger partial charge in [-0.25, -0.2) is 0 Å². The highest BCUT2D eigenvalue weighted by Gasteiger charge is 2.53. The molecule has 0 aromatic carbocycles. The van der Waals surface area contributed by atoms with Gasteiger partial charge in [0.1, 0.15) is 23.7 Å². The van der Waals surface area contributed by atoms with Gasteiger partial charge in [0.25, 0.3) is 0 Å². The van der Waals surface area contributed by atoms with Crippen LogP contribution in [0.25, 0.3) is 0 Å². The second-order valence-electron chi connectivity index (χ2n) is 5.57. The van der Waals surface area contributed by atoms with Crippen LogP contribution < -0.4 is 0 Å². The lowest BCUT2D eigenvalue weighted by Gasteiger charge is -2.50. The van der Waals surface area contributed by atoms with E-state index in [0.29, 0.717) is 6.61 Å². The average molecular weight is 320 g/mol. The van der Waals surface area contributed by atoms with Gasteiger partial charge in [0.2, 0.25) is 0 Å². The Balaban J connectivity index is 2.21. The van der Waals surface area contributed by atoms with Crippen LogP contribution in [0.1, 0.15) is 27.7 Å². The predicted octanol–water partition coefficient (Wildman–Crippen LogP) is 1.56. The average Bonchev–Trinajstić information content (AvgIpc) is 2.39. The molecule has 0 spiro atoms. The lowest BCUT2D eigenvalue weighted by Crippen LogP contribution is -2.65. The lowest BCUT2D eigenvalue weighted by molar-refractivity contribution is -0.352. The van der Waals surface area contributed by atoms with Gasteiger partial charge in [-0.15, -0.1) is 11.8 Å². The molecule has 6 nitrogen and oxygen atoms in total. The van der Waals surface area contributed by atoms with Crippen molar-refractivity contribution in [3.05, 3.63) is 0 Å². The van der Waals surface area contributed by atoms with Crippen molar-refractivity contribution in [2.75, 3.05) is 19.5 Å². The second kappa shape index (κ2) is 6.83. The SMILES string of the molecule is CCS[C@@H]1OC2COC(C)(C)O[C@H]2[C@@H](OC)C1OC(C)=O. The monoisotopic (exact) mass is 320 g/mol. The summed E-state index contributed by atoms with van der Waals surface area (Å²) >= 11 is 1.59. The molecule has 0 amide bonds.